The first-order valence-corrected chi connectivity index (χ1v) is 4.38. The molecular weight excluding hydrogens is 194 g/mol. The van der Waals surface area contributed by atoms with Crippen molar-refractivity contribution in [1.29, 1.82) is 0 Å². The molecule has 84 valence electrons. The number of aliphatic hydroxyl groups is 1. The maximum Gasteiger partial charge on any atom is 0.287 e. The van der Waals surface area contributed by atoms with E-state index in [1.165, 1.54) is 0 Å². The first-order valence-electron chi connectivity index (χ1n) is 4.38. The fourth-order valence-corrected chi connectivity index (χ4v) is 0.731. The normalized spacial score (nSPS) is 13.8. The van der Waals surface area contributed by atoms with Gasteiger partial charge in [0.15, 0.2) is 0 Å². The van der Waals surface area contributed by atoms with E-state index >= 15 is 0 Å². The Morgan fingerprint density at radius 2 is 2.21 bits per heavy atom. The summed E-state index contributed by atoms with van der Waals surface area (Å²) in [6, 6.07) is -0.126. The van der Waals surface area contributed by atoms with Gasteiger partial charge in [-0.1, -0.05) is 0 Å². The minimum atomic E-state index is -3.25. The van der Waals surface area contributed by atoms with Crippen LogP contribution in [-0.2, 0) is 4.79 Å². The number of nitrogens with one attached hydrogen (secondary N) is 1. The van der Waals surface area contributed by atoms with Gasteiger partial charge < -0.3 is 16.2 Å². The van der Waals surface area contributed by atoms with Crippen LogP contribution in [0.2, 0.25) is 0 Å². The van der Waals surface area contributed by atoms with Crippen molar-refractivity contribution in [2.75, 3.05) is 13.2 Å². The molecule has 0 aliphatic carbocycles. The van der Waals surface area contributed by atoms with E-state index in [0.717, 1.165) is 0 Å². The van der Waals surface area contributed by atoms with Gasteiger partial charge in [0.05, 0.1) is 6.54 Å². The van der Waals surface area contributed by atoms with E-state index in [1.807, 2.05) is 5.32 Å². The number of halogens is 2. The third kappa shape index (κ3) is 6.73. The van der Waals surface area contributed by atoms with Crippen molar-refractivity contribution >= 4 is 5.91 Å². The van der Waals surface area contributed by atoms with Gasteiger partial charge in [-0.15, -0.1) is 0 Å². The maximum atomic E-state index is 12.4. The monoisotopic (exact) mass is 210 g/mol. The lowest BCUT2D eigenvalue weighted by Crippen LogP contribution is -2.39. The van der Waals surface area contributed by atoms with Crippen LogP contribution in [-0.4, -0.2) is 36.1 Å². The van der Waals surface area contributed by atoms with E-state index in [9.17, 15) is 13.6 Å². The van der Waals surface area contributed by atoms with Gasteiger partial charge in [-0.25, -0.2) is 8.78 Å². The smallest absolute Gasteiger partial charge is 0.287 e. The molecule has 0 aromatic carbocycles. The average Bonchev–Trinajstić information content (AvgIpc) is 2.11. The second-order valence-corrected chi connectivity index (χ2v) is 3.31. The van der Waals surface area contributed by atoms with Crippen molar-refractivity contribution in [2.24, 2.45) is 5.73 Å². The molecule has 0 saturated carbocycles. The van der Waals surface area contributed by atoms with Crippen molar-refractivity contribution in [2.45, 2.75) is 31.7 Å². The third-order valence-corrected chi connectivity index (χ3v) is 1.60. The molecule has 0 aromatic heterocycles. The average molecular weight is 210 g/mol. The van der Waals surface area contributed by atoms with E-state index in [-0.39, 0.29) is 12.5 Å². The number of amides is 1. The van der Waals surface area contributed by atoms with E-state index in [2.05, 4.69) is 0 Å². The van der Waals surface area contributed by atoms with Crippen LogP contribution in [0, 0.1) is 0 Å². The Kier molecular flexibility index (Phi) is 5.56. The molecule has 0 rings (SSSR count). The molecule has 4 N–H and O–H groups in total. The van der Waals surface area contributed by atoms with Crippen LogP contribution >= 0.6 is 0 Å². The molecule has 0 aliphatic heterocycles. The molecule has 0 bridgehead atoms. The molecule has 4 nitrogen and oxygen atoms in total. The summed E-state index contributed by atoms with van der Waals surface area (Å²) in [6.45, 7) is -0.364. The summed E-state index contributed by atoms with van der Waals surface area (Å²) in [5.41, 5.74) is 5.38. The number of hydrogen-bond acceptors (Lipinski definition) is 3. The molecule has 1 atom stereocenters. The van der Waals surface area contributed by atoms with Gasteiger partial charge in [-0.2, -0.15) is 0 Å². The number of nitrogens with two attached hydrogens (primary N) is 1. The molecule has 14 heavy (non-hydrogen) atoms. The van der Waals surface area contributed by atoms with E-state index in [0.29, 0.717) is 6.42 Å². The second kappa shape index (κ2) is 5.87. The molecule has 0 saturated heterocycles. The zero-order valence-electron chi connectivity index (χ0n) is 8.09. The van der Waals surface area contributed by atoms with E-state index < -0.39 is 25.0 Å². The third-order valence-electron chi connectivity index (χ3n) is 1.60. The summed E-state index contributed by atoms with van der Waals surface area (Å²) in [6.07, 6.45) is 0.579. The minimum Gasteiger partial charge on any atom is -0.390 e. The predicted molar refractivity (Wildman–Crippen MR) is 47.9 cm³/mol. The van der Waals surface area contributed by atoms with Crippen molar-refractivity contribution in [1.82, 2.24) is 5.32 Å². The molecule has 1 unspecified atom stereocenters. The Morgan fingerprint density at radius 1 is 1.64 bits per heavy atom. The Bertz CT molecular complexity index is 186. The highest BCUT2D eigenvalue weighted by molar-refractivity contribution is 5.75. The van der Waals surface area contributed by atoms with Gasteiger partial charge >= 0.3 is 0 Å². The molecule has 0 fully saturated rings. The molecule has 0 radical (unpaired) electrons. The van der Waals surface area contributed by atoms with Crippen LogP contribution in [0.3, 0.4) is 0 Å². The number of hydrogen-bond donors (Lipinski definition) is 3. The summed E-state index contributed by atoms with van der Waals surface area (Å²) in [5.74, 6) is -3.72. The summed E-state index contributed by atoms with van der Waals surface area (Å²) in [4.78, 5) is 10.9. The summed E-state index contributed by atoms with van der Waals surface area (Å²) in [5, 5.41) is 10.2. The SMILES string of the molecule is CC(N)CCC(=O)NCC(F)(F)CO. The number of carbonyl (C=O) groups excluding carboxylic acids is 1. The lowest BCUT2D eigenvalue weighted by atomic mass is 10.2. The highest BCUT2D eigenvalue weighted by Crippen LogP contribution is 2.09. The number of rotatable bonds is 6. The fourth-order valence-electron chi connectivity index (χ4n) is 0.731. The van der Waals surface area contributed by atoms with Gasteiger partial charge in [-0.05, 0) is 13.3 Å². The number of alkyl halides is 2. The van der Waals surface area contributed by atoms with E-state index in [4.69, 9.17) is 10.8 Å². The number of carbonyl (C=O) groups is 1. The molecule has 0 spiro atoms. The molecule has 0 heterocycles. The zero-order valence-corrected chi connectivity index (χ0v) is 8.09. The summed E-state index contributed by atoms with van der Waals surface area (Å²) >= 11 is 0. The standard InChI is InChI=1S/C8H16F2N2O2/c1-6(11)2-3-7(14)12-4-8(9,10)5-13/h6,13H,2-5,11H2,1H3,(H,12,14). The van der Waals surface area contributed by atoms with Gasteiger partial charge in [0.1, 0.15) is 6.61 Å². The van der Waals surface area contributed by atoms with Gasteiger partial charge in [0, 0.05) is 12.5 Å². The first kappa shape index (κ1) is 13.2. The Labute approximate surface area is 81.5 Å². The number of aliphatic hydroxyl groups excluding tert-OH is 1. The predicted octanol–water partition coefficient (Wildman–Crippen LogP) is -0.142. The van der Waals surface area contributed by atoms with Gasteiger partial charge in [0.25, 0.3) is 5.92 Å². The quantitative estimate of drug-likeness (QED) is 0.571. The summed E-state index contributed by atoms with van der Waals surface area (Å²) < 4.78 is 24.8. The van der Waals surface area contributed by atoms with Crippen molar-refractivity contribution < 1.29 is 18.7 Å². The lowest BCUT2D eigenvalue weighted by Gasteiger charge is -2.14. The first-order chi connectivity index (χ1) is 6.37. The Balaban J connectivity index is 3.64. The highest BCUT2D eigenvalue weighted by Gasteiger charge is 2.27. The second-order valence-electron chi connectivity index (χ2n) is 3.31. The summed E-state index contributed by atoms with van der Waals surface area (Å²) in [7, 11) is 0. The Morgan fingerprint density at radius 3 is 2.64 bits per heavy atom. The lowest BCUT2D eigenvalue weighted by molar-refractivity contribution is -0.124. The van der Waals surface area contributed by atoms with Crippen LogP contribution in [0.5, 0.6) is 0 Å². The topological polar surface area (TPSA) is 75.4 Å². The van der Waals surface area contributed by atoms with Crippen LogP contribution in [0.15, 0.2) is 0 Å². The molecule has 6 heteroatoms. The minimum absolute atomic E-state index is 0.124. The van der Waals surface area contributed by atoms with Crippen LogP contribution in [0.4, 0.5) is 8.78 Å². The fraction of sp³-hybridized carbons (Fsp3) is 0.875. The van der Waals surface area contributed by atoms with Gasteiger partial charge in [0.2, 0.25) is 5.91 Å². The van der Waals surface area contributed by atoms with Crippen molar-refractivity contribution in [3.05, 3.63) is 0 Å². The van der Waals surface area contributed by atoms with E-state index in [1.54, 1.807) is 6.92 Å². The maximum absolute atomic E-state index is 12.4. The Hall–Kier alpha value is -0.750. The highest BCUT2D eigenvalue weighted by atomic mass is 19.3. The molecule has 1 amide bonds. The van der Waals surface area contributed by atoms with Crippen molar-refractivity contribution in [3.63, 3.8) is 0 Å². The molecule has 0 aliphatic rings. The van der Waals surface area contributed by atoms with Crippen molar-refractivity contribution in [3.8, 4) is 0 Å². The van der Waals surface area contributed by atoms with Crippen LogP contribution in [0.25, 0.3) is 0 Å². The van der Waals surface area contributed by atoms with Crippen LogP contribution in [0.1, 0.15) is 19.8 Å². The van der Waals surface area contributed by atoms with Crippen LogP contribution < -0.4 is 11.1 Å². The van der Waals surface area contributed by atoms with Gasteiger partial charge in [-0.3, -0.25) is 4.79 Å². The molecule has 0 aromatic rings. The molecular formula is C8H16F2N2O2. The largest absolute Gasteiger partial charge is 0.390 e. The zero-order chi connectivity index (χ0) is 11.2.